The van der Waals surface area contributed by atoms with Gasteiger partial charge < -0.3 is 14.5 Å². The van der Waals surface area contributed by atoms with Crippen molar-refractivity contribution >= 4 is 23.3 Å². The van der Waals surface area contributed by atoms with E-state index in [4.69, 9.17) is 9.15 Å². The van der Waals surface area contributed by atoms with Crippen molar-refractivity contribution < 1.29 is 18.7 Å². The van der Waals surface area contributed by atoms with E-state index in [1.165, 1.54) is 4.90 Å². The van der Waals surface area contributed by atoms with Gasteiger partial charge in [-0.15, -0.1) is 0 Å². The lowest BCUT2D eigenvalue weighted by Crippen LogP contribution is -2.43. The van der Waals surface area contributed by atoms with Crippen molar-refractivity contribution in [2.24, 2.45) is 0 Å². The van der Waals surface area contributed by atoms with E-state index in [9.17, 15) is 9.59 Å². The van der Waals surface area contributed by atoms with E-state index in [1.807, 2.05) is 25.1 Å². The molecule has 1 aliphatic heterocycles. The molecular formula is C19H18N4O4. The fraction of sp³-hybridized carbons (Fsp3) is 0.211. The van der Waals surface area contributed by atoms with Crippen LogP contribution in [0.4, 0.5) is 11.5 Å². The third-order valence-electron chi connectivity index (χ3n) is 4.20. The van der Waals surface area contributed by atoms with E-state index >= 15 is 0 Å². The summed E-state index contributed by atoms with van der Waals surface area (Å²) >= 11 is 0. The number of furan rings is 1. The second-order valence-corrected chi connectivity index (χ2v) is 6.17. The van der Waals surface area contributed by atoms with Gasteiger partial charge in [-0.05, 0) is 31.2 Å². The molecule has 0 fully saturated rings. The predicted molar refractivity (Wildman–Crippen MR) is 97.7 cm³/mol. The summed E-state index contributed by atoms with van der Waals surface area (Å²) in [4.78, 5) is 26.2. The lowest BCUT2D eigenvalue weighted by atomic mass is 10.2. The first-order chi connectivity index (χ1) is 13.1. The smallest absolute Gasteiger partial charge is 0.265 e. The average molecular weight is 366 g/mol. The van der Waals surface area contributed by atoms with Gasteiger partial charge in [-0.25, -0.2) is 4.68 Å². The van der Waals surface area contributed by atoms with Gasteiger partial charge in [0.25, 0.3) is 5.91 Å². The van der Waals surface area contributed by atoms with Gasteiger partial charge >= 0.3 is 0 Å². The quantitative estimate of drug-likeness (QED) is 0.748. The molecule has 1 aromatic carbocycles. The number of para-hydroxylation sites is 2. The zero-order chi connectivity index (χ0) is 18.8. The van der Waals surface area contributed by atoms with Crippen LogP contribution >= 0.6 is 0 Å². The highest BCUT2D eigenvalue weighted by Gasteiger charge is 2.27. The lowest BCUT2D eigenvalue weighted by molar-refractivity contribution is -0.123. The predicted octanol–water partition coefficient (Wildman–Crippen LogP) is 2.20. The van der Waals surface area contributed by atoms with Gasteiger partial charge in [-0.3, -0.25) is 14.5 Å². The zero-order valence-corrected chi connectivity index (χ0v) is 14.7. The number of carbonyl (C=O) groups excluding carboxylic acids is 2. The molecule has 0 aliphatic carbocycles. The topological polar surface area (TPSA) is 89.6 Å². The summed E-state index contributed by atoms with van der Waals surface area (Å²) < 4.78 is 12.6. The summed E-state index contributed by atoms with van der Waals surface area (Å²) in [6.07, 6.45) is 1.60. The minimum absolute atomic E-state index is 0.0833. The number of aryl methyl sites for hydroxylation is 1. The number of aromatic nitrogens is 2. The SMILES string of the molecule is Cc1ccc(Cn2nccc2NC(=O)CN2C(=O)COc3ccccc32)o1. The first kappa shape index (κ1) is 16.9. The number of fused-ring (bicyclic) bond motifs is 1. The Hall–Kier alpha value is -3.55. The number of rotatable bonds is 5. The third kappa shape index (κ3) is 3.55. The van der Waals surface area contributed by atoms with Gasteiger partial charge in [-0.1, -0.05) is 12.1 Å². The summed E-state index contributed by atoms with van der Waals surface area (Å²) in [5.74, 6) is 2.09. The number of hydrogen-bond donors (Lipinski definition) is 1. The summed E-state index contributed by atoms with van der Waals surface area (Å²) in [6, 6.07) is 12.6. The molecule has 8 nitrogen and oxygen atoms in total. The van der Waals surface area contributed by atoms with Crippen LogP contribution in [0.15, 0.2) is 53.1 Å². The third-order valence-corrected chi connectivity index (χ3v) is 4.20. The summed E-state index contributed by atoms with van der Waals surface area (Å²) in [6.45, 7) is 2.08. The molecule has 1 aliphatic rings. The normalized spacial score (nSPS) is 13.2. The number of carbonyl (C=O) groups is 2. The van der Waals surface area contributed by atoms with Crippen LogP contribution in [-0.4, -0.2) is 34.7 Å². The number of amides is 2. The van der Waals surface area contributed by atoms with Crippen molar-refractivity contribution in [2.75, 3.05) is 23.4 Å². The van der Waals surface area contributed by atoms with Crippen molar-refractivity contribution in [1.29, 1.82) is 0 Å². The second-order valence-electron chi connectivity index (χ2n) is 6.17. The molecule has 27 heavy (non-hydrogen) atoms. The highest BCUT2D eigenvalue weighted by atomic mass is 16.5. The van der Waals surface area contributed by atoms with Crippen LogP contribution in [0.3, 0.4) is 0 Å². The summed E-state index contributed by atoms with van der Waals surface area (Å²) in [7, 11) is 0. The van der Waals surface area contributed by atoms with Crippen LogP contribution in [-0.2, 0) is 16.1 Å². The van der Waals surface area contributed by atoms with Gasteiger partial charge in [0.15, 0.2) is 6.61 Å². The maximum absolute atomic E-state index is 12.5. The molecule has 0 radical (unpaired) electrons. The lowest BCUT2D eigenvalue weighted by Gasteiger charge is -2.28. The number of nitrogens with zero attached hydrogens (tertiary/aromatic N) is 3. The monoisotopic (exact) mass is 366 g/mol. The summed E-state index contributed by atoms with van der Waals surface area (Å²) in [5.41, 5.74) is 0.587. The van der Waals surface area contributed by atoms with E-state index < -0.39 is 0 Å². The number of anilines is 2. The first-order valence-corrected chi connectivity index (χ1v) is 8.49. The average Bonchev–Trinajstić information content (AvgIpc) is 3.27. The first-order valence-electron chi connectivity index (χ1n) is 8.49. The molecule has 0 bridgehead atoms. The van der Waals surface area contributed by atoms with E-state index in [0.717, 1.165) is 11.5 Å². The van der Waals surface area contributed by atoms with Crippen LogP contribution in [0.25, 0.3) is 0 Å². The number of hydrogen-bond acceptors (Lipinski definition) is 5. The fourth-order valence-corrected chi connectivity index (χ4v) is 2.94. The highest BCUT2D eigenvalue weighted by Crippen LogP contribution is 2.31. The van der Waals surface area contributed by atoms with Crippen LogP contribution in [0.1, 0.15) is 11.5 Å². The van der Waals surface area contributed by atoms with Gasteiger partial charge in [-0.2, -0.15) is 5.10 Å². The van der Waals surface area contributed by atoms with E-state index in [-0.39, 0.29) is 25.0 Å². The maximum atomic E-state index is 12.5. The Labute approximate surface area is 155 Å². The molecule has 138 valence electrons. The van der Waals surface area contributed by atoms with Crippen LogP contribution in [0.5, 0.6) is 5.75 Å². The highest BCUT2D eigenvalue weighted by molar-refractivity contribution is 6.04. The maximum Gasteiger partial charge on any atom is 0.265 e. The van der Waals surface area contributed by atoms with Crippen LogP contribution < -0.4 is 15.0 Å². The standard InChI is InChI=1S/C19H18N4O4/c1-13-6-7-14(27-13)10-23-17(8-9-20-23)21-18(24)11-22-15-4-2-3-5-16(15)26-12-19(22)25/h2-9H,10-12H2,1H3,(H,21,24). The van der Waals surface area contributed by atoms with E-state index in [1.54, 1.807) is 35.1 Å². The molecule has 1 N–H and O–H groups in total. The minimum Gasteiger partial charge on any atom is -0.482 e. The number of nitrogens with one attached hydrogen (secondary N) is 1. The molecule has 3 aromatic rings. The number of benzene rings is 1. The van der Waals surface area contributed by atoms with Crippen LogP contribution in [0.2, 0.25) is 0 Å². The molecule has 3 heterocycles. The Bertz CT molecular complexity index is 991. The minimum atomic E-state index is -0.322. The van der Waals surface area contributed by atoms with Gasteiger partial charge in [0, 0.05) is 6.07 Å². The molecule has 0 saturated carbocycles. The van der Waals surface area contributed by atoms with Crippen LogP contribution in [0, 0.1) is 6.92 Å². The van der Waals surface area contributed by atoms with Crippen molar-refractivity contribution in [1.82, 2.24) is 9.78 Å². The molecule has 2 aromatic heterocycles. The van der Waals surface area contributed by atoms with Crippen molar-refractivity contribution in [3.8, 4) is 5.75 Å². The second kappa shape index (κ2) is 6.99. The Balaban J connectivity index is 1.46. The fourth-order valence-electron chi connectivity index (χ4n) is 2.94. The molecule has 0 atom stereocenters. The molecule has 8 heteroatoms. The van der Waals surface area contributed by atoms with E-state index in [2.05, 4.69) is 10.4 Å². The zero-order valence-electron chi connectivity index (χ0n) is 14.7. The summed E-state index contributed by atoms with van der Waals surface area (Å²) in [5, 5.41) is 7.01. The van der Waals surface area contributed by atoms with Crippen molar-refractivity contribution in [3.05, 3.63) is 60.2 Å². The molecule has 0 unspecified atom stereocenters. The Morgan fingerprint density at radius 3 is 2.89 bits per heavy atom. The largest absolute Gasteiger partial charge is 0.482 e. The Morgan fingerprint density at radius 1 is 1.22 bits per heavy atom. The van der Waals surface area contributed by atoms with Crippen molar-refractivity contribution in [3.63, 3.8) is 0 Å². The van der Waals surface area contributed by atoms with E-state index in [0.29, 0.717) is 23.8 Å². The molecule has 4 rings (SSSR count). The molecule has 2 amide bonds. The Kier molecular flexibility index (Phi) is 4.37. The van der Waals surface area contributed by atoms with Crippen molar-refractivity contribution in [2.45, 2.75) is 13.5 Å². The number of ether oxygens (including phenoxy) is 1. The van der Waals surface area contributed by atoms with Gasteiger partial charge in [0.2, 0.25) is 5.91 Å². The van der Waals surface area contributed by atoms with Gasteiger partial charge in [0.05, 0.1) is 11.9 Å². The Morgan fingerprint density at radius 2 is 2.07 bits per heavy atom. The molecular weight excluding hydrogens is 348 g/mol. The molecule has 0 spiro atoms. The van der Waals surface area contributed by atoms with Gasteiger partial charge in [0.1, 0.15) is 36.2 Å². The molecule has 0 saturated heterocycles.